The van der Waals surface area contributed by atoms with Crippen molar-refractivity contribution in [2.75, 3.05) is 12.8 Å². The summed E-state index contributed by atoms with van der Waals surface area (Å²) in [5.41, 5.74) is 1.64. The van der Waals surface area contributed by atoms with Crippen LogP contribution in [0.25, 0.3) is 0 Å². The Bertz CT molecular complexity index is 619. The molecule has 0 heterocycles. The Morgan fingerprint density at radius 3 is 2.41 bits per heavy atom. The lowest BCUT2D eigenvalue weighted by atomic mass is 10.1. The molecule has 0 aromatic heterocycles. The van der Waals surface area contributed by atoms with Gasteiger partial charge in [0.2, 0.25) is 15.9 Å². The minimum atomic E-state index is -3.34. The average Bonchev–Trinajstić information content (AvgIpc) is 2.33. The Hall–Kier alpha value is -1.40. The lowest BCUT2D eigenvalue weighted by Gasteiger charge is -2.33. The first-order chi connectivity index (χ1) is 10.00. The van der Waals surface area contributed by atoms with Gasteiger partial charge in [0.15, 0.2) is 0 Å². The lowest BCUT2D eigenvalue weighted by molar-refractivity contribution is -0.121. The van der Waals surface area contributed by atoms with Crippen molar-refractivity contribution in [3.8, 4) is 0 Å². The molecule has 22 heavy (non-hydrogen) atoms. The summed E-state index contributed by atoms with van der Waals surface area (Å²) >= 11 is 0. The zero-order chi connectivity index (χ0) is 17.0. The molecule has 124 valence electrons. The third-order valence-electron chi connectivity index (χ3n) is 3.26. The molecule has 0 aliphatic heterocycles. The molecule has 0 saturated carbocycles. The molecule has 5 nitrogen and oxygen atoms in total. The summed E-state index contributed by atoms with van der Waals surface area (Å²) in [6.07, 6.45) is 1.32. The van der Waals surface area contributed by atoms with Gasteiger partial charge in [0.25, 0.3) is 0 Å². The summed E-state index contributed by atoms with van der Waals surface area (Å²) in [6.45, 7) is 8.09. The zero-order valence-electron chi connectivity index (χ0n) is 14.0. The van der Waals surface area contributed by atoms with E-state index in [1.807, 2.05) is 52.0 Å². The fraction of sp³-hybridized carbons (Fsp3) is 0.562. The van der Waals surface area contributed by atoms with E-state index >= 15 is 0 Å². The highest BCUT2D eigenvalue weighted by molar-refractivity contribution is 7.88. The number of nitrogens with zero attached hydrogens (tertiary/aromatic N) is 1. The number of aryl methyl sites for hydroxylation is 1. The topological polar surface area (TPSA) is 66.5 Å². The van der Waals surface area contributed by atoms with Gasteiger partial charge >= 0.3 is 0 Å². The van der Waals surface area contributed by atoms with Crippen molar-refractivity contribution in [1.82, 2.24) is 9.62 Å². The lowest BCUT2D eigenvalue weighted by Crippen LogP contribution is -2.46. The molecule has 1 amide bonds. The molecule has 0 saturated heterocycles. The number of hydrogen-bond acceptors (Lipinski definition) is 3. The van der Waals surface area contributed by atoms with Crippen LogP contribution in [0.3, 0.4) is 0 Å². The van der Waals surface area contributed by atoms with Gasteiger partial charge in [0, 0.05) is 25.0 Å². The quantitative estimate of drug-likeness (QED) is 0.870. The van der Waals surface area contributed by atoms with Gasteiger partial charge in [-0.25, -0.2) is 8.42 Å². The Morgan fingerprint density at radius 1 is 1.27 bits per heavy atom. The summed E-state index contributed by atoms with van der Waals surface area (Å²) in [4.78, 5) is 11.9. The van der Waals surface area contributed by atoms with Crippen molar-refractivity contribution in [2.24, 2.45) is 0 Å². The maximum absolute atomic E-state index is 11.9. The summed E-state index contributed by atoms with van der Waals surface area (Å²) in [6, 6.07) is 7.91. The van der Waals surface area contributed by atoms with Crippen LogP contribution in [0.15, 0.2) is 24.3 Å². The summed E-state index contributed by atoms with van der Waals surface area (Å²) in [5.74, 6) is -0.153. The summed E-state index contributed by atoms with van der Waals surface area (Å²) in [7, 11) is -3.34. The van der Waals surface area contributed by atoms with E-state index < -0.39 is 15.6 Å². The molecule has 0 aliphatic rings. The second kappa shape index (κ2) is 7.24. The van der Waals surface area contributed by atoms with Gasteiger partial charge in [-0.05, 0) is 33.3 Å². The standard InChI is InChI=1S/C16H26N2O3S/c1-13-7-6-8-14(11-13)12-17-15(19)9-10-18(16(2,3)4)22(5,20)21/h6-8,11H,9-10,12H2,1-5H3,(H,17,19). The Labute approximate surface area is 133 Å². The third kappa shape index (κ3) is 6.15. The Kier molecular flexibility index (Phi) is 6.14. The van der Waals surface area contributed by atoms with Gasteiger partial charge < -0.3 is 5.32 Å². The van der Waals surface area contributed by atoms with Crippen LogP contribution in [0.2, 0.25) is 0 Å². The third-order valence-corrected chi connectivity index (χ3v) is 4.79. The monoisotopic (exact) mass is 326 g/mol. The SMILES string of the molecule is Cc1cccc(CNC(=O)CCN(C(C)(C)C)S(C)(=O)=O)c1. The molecule has 1 aromatic carbocycles. The van der Waals surface area contributed by atoms with Crippen LogP contribution in [0, 0.1) is 6.92 Å². The molecule has 0 fully saturated rings. The van der Waals surface area contributed by atoms with Gasteiger partial charge in [0.1, 0.15) is 0 Å². The van der Waals surface area contributed by atoms with E-state index in [0.717, 1.165) is 11.1 Å². The zero-order valence-corrected chi connectivity index (χ0v) is 14.8. The molecule has 0 radical (unpaired) electrons. The fourth-order valence-corrected chi connectivity index (χ4v) is 3.73. The first-order valence-electron chi connectivity index (χ1n) is 7.30. The normalized spacial score (nSPS) is 12.5. The minimum absolute atomic E-state index is 0.149. The second-order valence-electron chi connectivity index (χ2n) is 6.52. The summed E-state index contributed by atoms with van der Waals surface area (Å²) in [5, 5.41) is 2.82. The van der Waals surface area contributed by atoms with Crippen LogP contribution >= 0.6 is 0 Å². The second-order valence-corrected chi connectivity index (χ2v) is 8.43. The van der Waals surface area contributed by atoms with Crippen LogP contribution < -0.4 is 5.32 Å². The van der Waals surface area contributed by atoms with Gasteiger partial charge in [-0.1, -0.05) is 29.8 Å². The molecule has 1 rings (SSSR count). The molecule has 1 N–H and O–H groups in total. The summed E-state index contributed by atoms with van der Waals surface area (Å²) < 4.78 is 25.0. The smallest absolute Gasteiger partial charge is 0.221 e. The number of rotatable bonds is 6. The predicted molar refractivity (Wildman–Crippen MR) is 88.9 cm³/mol. The molecular weight excluding hydrogens is 300 g/mol. The number of sulfonamides is 1. The van der Waals surface area contributed by atoms with E-state index in [0.29, 0.717) is 6.54 Å². The molecule has 0 atom stereocenters. The van der Waals surface area contributed by atoms with Crippen LogP contribution in [0.4, 0.5) is 0 Å². The molecule has 0 aliphatic carbocycles. The van der Waals surface area contributed by atoms with Gasteiger partial charge in [-0.2, -0.15) is 4.31 Å². The number of benzene rings is 1. The highest BCUT2D eigenvalue weighted by atomic mass is 32.2. The van der Waals surface area contributed by atoms with Crippen molar-refractivity contribution >= 4 is 15.9 Å². The van der Waals surface area contributed by atoms with Gasteiger partial charge in [0.05, 0.1) is 6.26 Å². The van der Waals surface area contributed by atoms with Crippen molar-refractivity contribution in [3.05, 3.63) is 35.4 Å². The number of nitrogens with one attached hydrogen (secondary N) is 1. The van der Waals surface area contributed by atoms with Crippen LogP contribution in [-0.2, 0) is 21.4 Å². The molecule has 0 spiro atoms. The first kappa shape index (κ1) is 18.6. The predicted octanol–water partition coefficient (Wildman–Crippen LogP) is 2.06. The van der Waals surface area contributed by atoms with E-state index in [1.54, 1.807) is 0 Å². The highest BCUT2D eigenvalue weighted by Crippen LogP contribution is 2.17. The van der Waals surface area contributed by atoms with E-state index in [-0.39, 0.29) is 18.9 Å². The van der Waals surface area contributed by atoms with E-state index in [4.69, 9.17) is 0 Å². The number of carbonyl (C=O) groups excluding carboxylic acids is 1. The molecular formula is C16H26N2O3S. The van der Waals surface area contributed by atoms with Crippen LogP contribution in [0.5, 0.6) is 0 Å². The molecule has 0 unspecified atom stereocenters. The average molecular weight is 326 g/mol. The minimum Gasteiger partial charge on any atom is -0.352 e. The Balaban J connectivity index is 2.55. The fourth-order valence-electron chi connectivity index (χ4n) is 2.31. The van der Waals surface area contributed by atoms with Crippen LogP contribution in [-0.4, -0.2) is 37.0 Å². The van der Waals surface area contributed by atoms with E-state index in [1.165, 1.54) is 10.6 Å². The Morgan fingerprint density at radius 2 is 1.91 bits per heavy atom. The maximum atomic E-state index is 11.9. The van der Waals surface area contributed by atoms with E-state index in [9.17, 15) is 13.2 Å². The van der Waals surface area contributed by atoms with Gasteiger partial charge in [-0.3, -0.25) is 4.79 Å². The molecule has 1 aromatic rings. The van der Waals surface area contributed by atoms with Crippen LogP contribution in [0.1, 0.15) is 38.3 Å². The van der Waals surface area contributed by atoms with Crippen molar-refractivity contribution in [3.63, 3.8) is 0 Å². The van der Waals surface area contributed by atoms with Crippen molar-refractivity contribution in [1.29, 1.82) is 0 Å². The first-order valence-corrected chi connectivity index (χ1v) is 9.15. The van der Waals surface area contributed by atoms with E-state index in [2.05, 4.69) is 5.32 Å². The maximum Gasteiger partial charge on any atom is 0.221 e. The largest absolute Gasteiger partial charge is 0.352 e. The molecule has 6 heteroatoms. The highest BCUT2D eigenvalue weighted by Gasteiger charge is 2.29. The number of amides is 1. The van der Waals surface area contributed by atoms with Crippen molar-refractivity contribution in [2.45, 2.75) is 46.2 Å². The number of carbonyl (C=O) groups is 1. The van der Waals surface area contributed by atoms with Gasteiger partial charge in [-0.15, -0.1) is 0 Å². The van der Waals surface area contributed by atoms with Crippen molar-refractivity contribution < 1.29 is 13.2 Å². The molecule has 0 bridgehead atoms. The number of hydrogen-bond donors (Lipinski definition) is 1.